The fourth-order valence-corrected chi connectivity index (χ4v) is 10.9. The van der Waals surface area contributed by atoms with Crippen molar-refractivity contribution in [1.82, 2.24) is 0 Å². The first-order valence-electron chi connectivity index (χ1n) is 21.6. The first-order chi connectivity index (χ1) is 32.2. The van der Waals surface area contributed by atoms with Crippen LogP contribution in [0.25, 0.3) is 85.9 Å². The van der Waals surface area contributed by atoms with Crippen LogP contribution in [0.1, 0.15) is 5.56 Å². The lowest BCUT2D eigenvalue weighted by atomic mass is 9.94. The summed E-state index contributed by atoms with van der Waals surface area (Å²) in [5.74, 6) is 0. The van der Waals surface area contributed by atoms with Crippen molar-refractivity contribution < 1.29 is 8.83 Å². The van der Waals surface area contributed by atoms with Crippen LogP contribution in [0.3, 0.4) is 0 Å². The third-order valence-corrected chi connectivity index (χ3v) is 13.8. The number of para-hydroxylation sites is 3. The van der Waals surface area contributed by atoms with E-state index in [1.165, 1.54) is 36.5 Å². The van der Waals surface area contributed by atoms with E-state index in [0.717, 1.165) is 83.6 Å². The van der Waals surface area contributed by atoms with Crippen LogP contribution in [0.15, 0.2) is 221 Å². The second kappa shape index (κ2) is 14.7. The van der Waals surface area contributed by atoms with E-state index >= 15 is 0 Å². The van der Waals surface area contributed by atoms with Gasteiger partial charge in [0.15, 0.2) is 5.58 Å². The number of nitriles is 1. The summed E-state index contributed by atoms with van der Waals surface area (Å²) in [6.45, 7) is 0. The molecule has 0 saturated carbocycles. The van der Waals surface area contributed by atoms with Crippen molar-refractivity contribution in [3.63, 3.8) is 0 Å². The van der Waals surface area contributed by atoms with Gasteiger partial charge in [-0.2, -0.15) is 5.26 Å². The number of furan rings is 2. The number of anilines is 6. The van der Waals surface area contributed by atoms with E-state index in [1.54, 1.807) is 0 Å². The summed E-state index contributed by atoms with van der Waals surface area (Å²) in [6, 6.07) is 76.4. The van der Waals surface area contributed by atoms with Crippen LogP contribution in [-0.4, -0.2) is 0 Å². The Kier molecular flexibility index (Phi) is 8.39. The Morgan fingerprint density at radius 2 is 1.05 bits per heavy atom. The van der Waals surface area contributed by atoms with Crippen LogP contribution < -0.4 is 9.80 Å². The lowest BCUT2D eigenvalue weighted by molar-refractivity contribution is 0.667. The molecule has 0 atom stereocenters. The molecular weight excluding hydrogens is 815 g/mol. The maximum Gasteiger partial charge on any atom is 0.159 e. The minimum absolute atomic E-state index is 0.579. The Bertz CT molecular complexity index is 4050. The summed E-state index contributed by atoms with van der Waals surface area (Å²) in [5.41, 5.74) is 11.5. The van der Waals surface area contributed by atoms with Crippen LogP contribution in [0.5, 0.6) is 0 Å². The number of thiophene rings is 1. The second-order valence-electron chi connectivity index (χ2n) is 16.4. The maximum atomic E-state index is 10.1. The average Bonchev–Trinajstić information content (AvgIpc) is 4.06. The maximum absolute atomic E-state index is 10.1. The van der Waals surface area contributed by atoms with Crippen LogP contribution in [0.4, 0.5) is 34.1 Å². The number of fused-ring (bicyclic) bond motifs is 11. The van der Waals surface area contributed by atoms with Crippen LogP contribution >= 0.6 is 11.3 Å². The predicted molar refractivity (Wildman–Crippen MR) is 271 cm³/mol. The molecule has 13 rings (SSSR count). The third kappa shape index (κ3) is 5.98. The van der Waals surface area contributed by atoms with Crippen molar-refractivity contribution in [2.75, 3.05) is 9.80 Å². The van der Waals surface area contributed by atoms with E-state index in [-0.39, 0.29) is 0 Å². The summed E-state index contributed by atoms with van der Waals surface area (Å²) in [4.78, 5) is 4.49. The van der Waals surface area contributed by atoms with Crippen molar-refractivity contribution in [3.8, 4) is 17.2 Å². The Hall–Kier alpha value is -8.63. The SMILES string of the molecule is N#Cc1cccc(N(c2ccccc2)c2cc(N(c3ccccc3)c3ccc4c(c3)oc3ccccc34)c3oc4ccc(-c5cc6c7ccccc7sc6c6ccccc56)cc4c3c2)c1. The summed E-state index contributed by atoms with van der Waals surface area (Å²) in [7, 11) is 0. The minimum Gasteiger partial charge on any atom is -0.456 e. The number of rotatable bonds is 7. The molecule has 0 bridgehead atoms. The Morgan fingerprint density at radius 3 is 1.86 bits per heavy atom. The normalized spacial score (nSPS) is 11.7. The van der Waals surface area contributed by atoms with Crippen molar-refractivity contribution in [2.24, 2.45) is 0 Å². The first-order valence-corrected chi connectivity index (χ1v) is 22.4. The van der Waals surface area contributed by atoms with Gasteiger partial charge >= 0.3 is 0 Å². The molecule has 0 radical (unpaired) electrons. The molecular formula is C59H35N3O2S. The lowest BCUT2D eigenvalue weighted by Crippen LogP contribution is -2.13. The monoisotopic (exact) mass is 849 g/mol. The Balaban J connectivity index is 1.11. The van der Waals surface area contributed by atoms with Gasteiger partial charge in [0.25, 0.3) is 0 Å². The first kappa shape index (κ1) is 37.0. The van der Waals surface area contributed by atoms with E-state index < -0.39 is 0 Å². The molecule has 3 aromatic heterocycles. The molecule has 13 aromatic rings. The van der Waals surface area contributed by atoms with Gasteiger partial charge in [-0.1, -0.05) is 109 Å². The molecule has 0 fully saturated rings. The van der Waals surface area contributed by atoms with Gasteiger partial charge in [-0.05, 0) is 114 Å². The van der Waals surface area contributed by atoms with E-state index in [1.807, 2.05) is 72.0 Å². The summed E-state index contributed by atoms with van der Waals surface area (Å²) in [6.07, 6.45) is 0. The average molecular weight is 850 g/mol. The molecule has 3 heterocycles. The highest BCUT2D eigenvalue weighted by molar-refractivity contribution is 7.26. The molecule has 0 spiro atoms. The molecule has 0 N–H and O–H groups in total. The summed E-state index contributed by atoms with van der Waals surface area (Å²) >= 11 is 1.86. The molecule has 0 aliphatic carbocycles. The fraction of sp³-hybridized carbons (Fsp3) is 0. The number of nitrogens with zero attached hydrogens (tertiary/aromatic N) is 3. The van der Waals surface area contributed by atoms with Crippen molar-refractivity contribution in [1.29, 1.82) is 5.26 Å². The molecule has 304 valence electrons. The third-order valence-electron chi connectivity index (χ3n) is 12.6. The molecule has 10 aromatic carbocycles. The zero-order chi connectivity index (χ0) is 43.0. The van der Waals surface area contributed by atoms with E-state index in [2.05, 4.69) is 168 Å². The minimum atomic E-state index is 0.579. The highest BCUT2D eigenvalue weighted by Gasteiger charge is 2.25. The smallest absolute Gasteiger partial charge is 0.159 e. The molecule has 0 amide bonds. The van der Waals surface area contributed by atoms with Crippen molar-refractivity contribution in [2.45, 2.75) is 0 Å². The van der Waals surface area contributed by atoms with Crippen LogP contribution in [0, 0.1) is 11.3 Å². The highest BCUT2D eigenvalue weighted by atomic mass is 32.1. The number of hydrogen-bond donors (Lipinski definition) is 0. The van der Waals surface area contributed by atoms with E-state index in [9.17, 15) is 5.26 Å². The zero-order valence-corrected chi connectivity index (χ0v) is 35.6. The lowest BCUT2D eigenvalue weighted by Gasteiger charge is -2.29. The number of hydrogen-bond acceptors (Lipinski definition) is 6. The largest absolute Gasteiger partial charge is 0.456 e. The Morgan fingerprint density at radius 1 is 0.385 bits per heavy atom. The molecule has 0 aliphatic rings. The van der Waals surface area contributed by atoms with Gasteiger partial charge in [-0.15, -0.1) is 11.3 Å². The van der Waals surface area contributed by atoms with Gasteiger partial charge in [0.1, 0.15) is 16.7 Å². The second-order valence-corrected chi connectivity index (χ2v) is 17.4. The fourth-order valence-electron chi connectivity index (χ4n) is 9.69. The van der Waals surface area contributed by atoms with Gasteiger partial charge in [-0.25, -0.2) is 0 Å². The molecule has 0 unspecified atom stereocenters. The predicted octanol–water partition coefficient (Wildman–Crippen LogP) is 17.5. The topological polar surface area (TPSA) is 56.6 Å². The van der Waals surface area contributed by atoms with Crippen LogP contribution in [-0.2, 0) is 0 Å². The molecule has 6 heteroatoms. The van der Waals surface area contributed by atoms with Gasteiger partial charge in [0.2, 0.25) is 0 Å². The van der Waals surface area contributed by atoms with E-state index in [0.29, 0.717) is 5.56 Å². The van der Waals surface area contributed by atoms with Crippen molar-refractivity contribution >= 4 is 120 Å². The number of benzene rings is 10. The molecule has 5 nitrogen and oxygen atoms in total. The molecule has 0 saturated heterocycles. The Labute approximate surface area is 377 Å². The zero-order valence-electron chi connectivity index (χ0n) is 34.8. The summed E-state index contributed by atoms with van der Waals surface area (Å²) in [5, 5.41) is 19.2. The molecule has 65 heavy (non-hydrogen) atoms. The quantitative estimate of drug-likeness (QED) is 0.160. The van der Waals surface area contributed by atoms with Gasteiger partial charge in [0, 0.05) is 75.9 Å². The van der Waals surface area contributed by atoms with Crippen molar-refractivity contribution in [3.05, 3.63) is 218 Å². The van der Waals surface area contributed by atoms with Gasteiger partial charge in [0.05, 0.1) is 23.0 Å². The standard InChI is InChI=1S/C59H35N3O2S/c60-36-37-14-13-19-41(30-37)61(39-15-3-1-4-16-39)43-32-51-50-31-38(49-35-52-47-22-10-12-25-57(47)65-59(52)48-23-8-7-20-44(48)49)26-29-55(50)64-58(51)53(33-43)62(40-17-5-2-6-18-40)42-27-28-46-45-21-9-11-24-54(45)63-56(46)34-42/h1-35H. The highest BCUT2D eigenvalue weighted by Crippen LogP contribution is 2.49. The van der Waals surface area contributed by atoms with Crippen LogP contribution in [0.2, 0.25) is 0 Å². The van der Waals surface area contributed by atoms with Gasteiger partial charge < -0.3 is 18.6 Å². The summed E-state index contributed by atoms with van der Waals surface area (Å²) < 4.78 is 16.2. The van der Waals surface area contributed by atoms with Gasteiger partial charge in [-0.3, -0.25) is 0 Å². The molecule has 0 aliphatic heterocycles. The van der Waals surface area contributed by atoms with E-state index in [4.69, 9.17) is 8.83 Å².